The molecule has 0 saturated heterocycles. The van der Waals surface area contributed by atoms with Gasteiger partial charge in [-0.25, -0.2) is 4.79 Å². The summed E-state index contributed by atoms with van der Waals surface area (Å²) in [5.41, 5.74) is -2.59. The largest absolute Gasteiger partial charge is 0.481 e. The Hall–Kier alpha value is -1.47. The van der Waals surface area contributed by atoms with Crippen molar-refractivity contribution in [2.75, 3.05) is 0 Å². The van der Waals surface area contributed by atoms with Gasteiger partial charge in [-0.15, -0.1) is 0 Å². The lowest BCUT2D eigenvalue weighted by Gasteiger charge is -2.26. The molecule has 0 unspecified atom stereocenters. The number of halogens is 3. The lowest BCUT2D eigenvalue weighted by Crippen LogP contribution is -2.40. The lowest BCUT2D eigenvalue weighted by molar-refractivity contribution is -0.178. The number of rotatable bonds is 3. The van der Waals surface area contributed by atoms with Crippen LogP contribution in [0.25, 0.3) is 0 Å². The predicted molar refractivity (Wildman–Crippen MR) is 67.7 cm³/mol. The number of alkyl carbamates (subject to hydrolysis) is 1. The number of carboxylic acids is 1. The molecule has 2 N–H and O–H groups in total. The Balaban J connectivity index is 2.68. The Labute approximate surface area is 120 Å². The van der Waals surface area contributed by atoms with Gasteiger partial charge in [-0.1, -0.05) is 0 Å². The van der Waals surface area contributed by atoms with Crippen molar-refractivity contribution in [3.63, 3.8) is 0 Å². The van der Waals surface area contributed by atoms with Crippen LogP contribution in [-0.2, 0) is 9.53 Å². The summed E-state index contributed by atoms with van der Waals surface area (Å²) in [6.07, 6.45) is -6.88. The summed E-state index contributed by atoms with van der Waals surface area (Å²) in [6.45, 7) is 4.98. The van der Waals surface area contributed by atoms with Gasteiger partial charge in [-0.05, 0) is 40.0 Å². The fraction of sp³-hybridized carbons (Fsp3) is 0.846. The standard InChI is InChI=1S/C13H20F3NO4/c1-11(2,3)21-10(20)17-8-4-5-12(6-8,9(18)19)7-13(14,15)16/h8H,4-7H2,1-3H3,(H,17,20)(H,18,19)/t8-,12+/m1/s1. The number of carboxylic acid groups (broad SMARTS) is 1. The first-order chi connectivity index (χ1) is 9.33. The third kappa shape index (κ3) is 5.43. The number of nitrogens with one attached hydrogen (secondary N) is 1. The molecule has 21 heavy (non-hydrogen) atoms. The minimum absolute atomic E-state index is 0.123. The zero-order valence-corrected chi connectivity index (χ0v) is 12.2. The van der Waals surface area contributed by atoms with Crippen LogP contribution in [0.3, 0.4) is 0 Å². The maximum atomic E-state index is 12.5. The summed E-state index contributed by atoms with van der Waals surface area (Å²) in [7, 11) is 0. The van der Waals surface area contributed by atoms with Crippen molar-refractivity contribution in [1.82, 2.24) is 5.32 Å². The Morgan fingerprint density at radius 3 is 2.33 bits per heavy atom. The molecule has 0 aromatic rings. The molecule has 0 aromatic carbocycles. The molecule has 5 nitrogen and oxygen atoms in total. The second kappa shape index (κ2) is 5.73. The number of ether oxygens (including phenoxy) is 1. The molecular weight excluding hydrogens is 291 g/mol. The average molecular weight is 311 g/mol. The van der Waals surface area contributed by atoms with E-state index >= 15 is 0 Å². The van der Waals surface area contributed by atoms with E-state index in [4.69, 9.17) is 9.84 Å². The quantitative estimate of drug-likeness (QED) is 0.840. The van der Waals surface area contributed by atoms with Crippen molar-refractivity contribution >= 4 is 12.1 Å². The maximum absolute atomic E-state index is 12.5. The van der Waals surface area contributed by atoms with Gasteiger partial charge in [0.05, 0.1) is 11.8 Å². The second-order valence-electron chi connectivity index (χ2n) is 6.46. The summed E-state index contributed by atoms with van der Waals surface area (Å²) in [6, 6.07) is -0.627. The van der Waals surface area contributed by atoms with Crippen molar-refractivity contribution in [2.24, 2.45) is 5.41 Å². The lowest BCUT2D eigenvalue weighted by atomic mass is 9.82. The minimum Gasteiger partial charge on any atom is -0.481 e. The van der Waals surface area contributed by atoms with Crippen LogP contribution in [0.15, 0.2) is 0 Å². The van der Waals surface area contributed by atoms with Crippen LogP contribution in [0.2, 0.25) is 0 Å². The van der Waals surface area contributed by atoms with Gasteiger partial charge in [-0.2, -0.15) is 13.2 Å². The molecular formula is C13H20F3NO4. The summed E-state index contributed by atoms with van der Waals surface area (Å²) in [5.74, 6) is -1.48. The van der Waals surface area contributed by atoms with Crippen LogP contribution in [0.5, 0.6) is 0 Å². The molecule has 1 aliphatic rings. The molecule has 0 heterocycles. The van der Waals surface area contributed by atoms with Gasteiger partial charge in [0.1, 0.15) is 5.60 Å². The number of hydrogen-bond donors (Lipinski definition) is 2. The first kappa shape index (κ1) is 17.6. The highest BCUT2D eigenvalue weighted by Crippen LogP contribution is 2.46. The van der Waals surface area contributed by atoms with E-state index < -0.39 is 41.7 Å². The molecule has 1 rings (SSSR count). The van der Waals surface area contributed by atoms with Crippen LogP contribution < -0.4 is 5.32 Å². The van der Waals surface area contributed by atoms with Crippen LogP contribution in [0.1, 0.15) is 46.5 Å². The molecule has 0 aliphatic heterocycles. The van der Waals surface area contributed by atoms with Gasteiger partial charge in [-0.3, -0.25) is 4.79 Å². The predicted octanol–water partition coefficient (Wildman–Crippen LogP) is 3.09. The van der Waals surface area contributed by atoms with Crippen LogP contribution in [0.4, 0.5) is 18.0 Å². The average Bonchev–Trinajstić information content (AvgIpc) is 2.56. The first-order valence-corrected chi connectivity index (χ1v) is 6.63. The highest BCUT2D eigenvalue weighted by atomic mass is 19.4. The SMILES string of the molecule is CC(C)(C)OC(=O)N[C@@H]1CC[C@](CC(F)(F)F)(C(=O)O)C1. The highest BCUT2D eigenvalue weighted by molar-refractivity contribution is 5.76. The van der Waals surface area contributed by atoms with Crippen molar-refractivity contribution in [3.8, 4) is 0 Å². The van der Waals surface area contributed by atoms with Gasteiger partial charge < -0.3 is 15.2 Å². The van der Waals surface area contributed by atoms with E-state index in [0.29, 0.717) is 0 Å². The molecule has 1 fully saturated rings. The molecule has 2 atom stereocenters. The molecule has 0 spiro atoms. The molecule has 0 radical (unpaired) electrons. The van der Waals surface area contributed by atoms with Gasteiger partial charge in [0.15, 0.2) is 0 Å². The summed E-state index contributed by atoms with van der Waals surface area (Å²) in [4.78, 5) is 22.8. The molecule has 1 saturated carbocycles. The van der Waals surface area contributed by atoms with Crippen molar-refractivity contribution in [1.29, 1.82) is 0 Å². The Morgan fingerprint density at radius 1 is 1.33 bits per heavy atom. The van der Waals surface area contributed by atoms with E-state index in [1.54, 1.807) is 20.8 Å². The van der Waals surface area contributed by atoms with E-state index in [1.807, 2.05) is 0 Å². The van der Waals surface area contributed by atoms with Gasteiger partial charge in [0.25, 0.3) is 0 Å². The molecule has 122 valence electrons. The highest BCUT2D eigenvalue weighted by Gasteiger charge is 2.52. The van der Waals surface area contributed by atoms with Crippen LogP contribution >= 0.6 is 0 Å². The van der Waals surface area contributed by atoms with Gasteiger partial charge in [0, 0.05) is 6.04 Å². The number of carbonyl (C=O) groups excluding carboxylic acids is 1. The molecule has 0 bridgehead atoms. The second-order valence-corrected chi connectivity index (χ2v) is 6.46. The first-order valence-electron chi connectivity index (χ1n) is 6.63. The number of amides is 1. The monoisotopic (exact) mass is 311 g/mol. The number of alkyl halides is 3. The number of hydrogen-bond acceptors (Lipinski definition) is 3. The van der Waals surface area contributed by atoms with Crippen LogP contribution in [0, 0.1) is 5.41 Å². The molecule has 8 heteroatoms. The van der Waals surface area contributed by atoms with Crippen LogP contribution in [-0.4, -0.2) is 35.0 Å². The van der Waals surface area contributed by atoms with Crippen molar-refractivity contribution < 1.29 is 32.6 Å². The third-order valence-electron chi connectivity index (χ3n) is 3.32. The molecule has 0 aromatic heterocycles. The topological polar surface area (TPSA) is 75.6 Å². The van der Waals surface area contributed by atoms with E-state index in [9.17, 15) is 22.8 Å². The Kier molecular flexibility index (Phi) is 4.80. The van der Waals surface area contributed by atoms with E-state index in [2.05, 4.69) is 5.32 Å². The normalized spacial score (nSPS) is 26.5. The zero-order chi connectivity index (χ0) is 16.5. The number of aliphatic carboxylic acids is 1. The van der Waals surface area contributed by atoms with Crippen molar-refractivity contribution in [2.45, 2.75) is 64.3 Å². The van der Waals surface area contributed by atoms with Gasteiger partial charge in [0.2, 0.25) is 0 Å². The van der Waals surface area contributed by atoms with E-state index in [1.165, 1.54) is 0 Å². The summed E-state index contributed by atoms with van der Waals surface area (Å²) < 4.78 is 42.7. The fourth-order valence-corrected chi connectivity index (χ4v) is 2.54. The number of carbonyl (C=O) groups is 2. The zero-order valence-electron chi connectivity index (χ0n) is 12.2. The van der Waals surface area contributed by atoms with E-state index in [0.717, 1.165) is 0 Å². The van der Waals surface area contributed by atoms with Crippen molar-refractivity contribution in [3.05, 3.63) is 0 Å². The smallest absolute Gasteiger partial charge is 0.407 e. The Bertz CT molecular complexity index is 417. The molecule has 1 amide bonds. The third-order valence-corrected chi connectivity index (χ3v) is 3.32. The van der Waals surface area contributed by atoms with Gasteiger partial charge >= 0.3 is 18.2 Å². The summed E-state index contributed by atoms with van der Waals surface area (Å²) in [5, 5.41) is 11.6. The summed E-state index contributed by atoms with van der Waals surface area (Å²) >= 11 is 0. The maximum Gasteiger partial charge on any atom is 0.407 e. The minimum atomic E-state index is -4.56. The fourth-order valence-electron chi connectivity index (χ4n) is 2.54. The molecule has 1 aliphatic carbocycles. The Morgan fingerprint density at radius 2 is 1.90 bits per heavy atom. The van der Waals surface area contributed by atoms with E-state index in [-0.39, 0.29) is 19.3 Å².